The third-order valence-corrected chi connectivity index (χ3v) is 6.08. The summed E-state index contributed by atoms with van der Waals surface area (Å²) >= 11 is 0. The summed E-state index contributed by atoms with van der Waals surface area (Å²) < 4.78 is 0. The van der Waals surface area contributed by atoms with Crippen LogP contribution in [0.4, 0.5) is 11.4 Å². The number of carbonyl (C=O) groups excluding carboxylic acids is 3. The van der Waals surface area contributed by atoms with Gasteiger partial charge in [-0.3, -0.25) is 14.4 Å². The predicted octanol–water partition coefficient (Wildman–Crippen LogP) is 4.14. The third kappa shape index (κ3) is 7.07. The summed E-state index contributed by atoms with van der Waals surface area (Å²) in [6, 6.07) is 14.2. The minimum atomic E-state index is -0.200. The lowest BCUT2D eigenvalue weighted by molar-refractivity contribution is -0.114. The molecular weight excluding hydrogens is 416 g/mol. The van der Waals surface area contributed by atoms with Crippen molar-refractivity contribution in [2.24, 2.45) is 5.92 Å². The molecule has 0 spiro atoms. The highest BCUT2D eigenvalue weighted by molar-refractivity contribution is 5.97. The van der Waals surface area contributed by atoms with Crippen molar-refractivity contribution in [2.45, 2.75) is 46.1 Å². The summed E-state index contributed by atoms with van der Waals surface area (Å²) in [5.41, 5.74) is 2.61. The molecule has 3 rings (SSSR count). The number of amides is 3. The van der Waals surface area contributed by atoms with Crippen molar-refractivity contribution < 1.29 is 14.4 Å². The van der Waals surface area contributed by atoms with Crippen LogP contribution in [0.2, 0.25) is 0 Å². The average molecular weight is 451 g/mol. The molecule has 2 aromatic carbocycles. The number of hydrogen-bond acceptors (Lipinski definition) is 4. The number of carbonyl (C=O) groups is 3. The van der Waals surface area contributed by atoms with Gasteiger partial charge in [-0.25, -0.2) is 0 Å². The van der Waals surface area contributed by atoms with Crippen LogP contribution in [0.1, 0.15) is 60.7 Å². The normalized spacial score (nSPS) is 14.9. The molecule has 33 heavy (non-hydrogen) atoms. The van der Waals surface area contributed by atoms with E-state index in [0.717, 1.165) is 38.0 Å². The molecule has 0 radical (unpaired) electrons. The van der Waals surface area contributed by atoms with Crippen LogP contribution in [0.5, 0.6) is 0 Å². The fourth-order valence-electron chi connectivity index (χ4n) is 3.63. The van der Waals surface area contributed by atoms with Gasteiger partial charge < -0.3 is 20.9 Å². The Balaban J connectivity index is 1.46. The molecule has 0 aromatic heterocycles. The Kier molecular flexibility index (Phi) is 8.46. The van der Waals surface area contributed by atoms with Gasteiger partial charge in [-0.05, 0) is 80.6 Å². The van der Waals surface area contributed by atoms with Crippen LogP contribution in [0, 0.1) is 5.92 Å². The molecule has 1 unspecified atom stereocenters. The van der Waals surface area contributed by atoms with Crippen molar-refractivity contribution in [3.63, 3.8) is 0 Å². The molecule has 1 aliphatic rings. The zero-order chi connectivity index (χ0) is 23.8. The number of likely N-dealkylation sites (tertiary alicyclic amines) is 1. The molecule has 1 saturated heterocycles. The zero-order valence-electron chi connectivity index (χ0n) is 19.7. The standard InChI is InChI=1S/C26H34N4O3/c1-4-19(3)28-25(32)20-5-11-23(12-6-20)29-24(31)17-27-22-9-7-21(8-10-22)26(33)30-15-13-18(2)14-16-30/h5-12,18-19,27H,4,13-17H2,1-3H3,(H,28,32)(H,29,31). The van der Waals surface area contributed by atoms with Crippen LogP contribution in [0.15, 0.2) is 48.5 Å². The van der Waals surface area contributed by atoms with Gasteiger partial charge >= 0.3 is 0 Å². The van der Waals surface area contributed by atoms with Gasteiger partial charge in [0.05, 0.1) is 6.54 Å². The number of hydrogen-bond donors (Lipinski definition) is 3. The fraction of sp³-hybridized carbons (Fsp3) is 0.423. The largest absolute Gasteiger partial charge is 0.376 e. The van der Waals surface area contributed by atoms with Crippen LogP contribution in [0.25, 0.3) is 0 Å². The van der Waals surface area contributed by atoms with Crippen molar-refractivity contribution in [3.8, 4) is 0 Å². The third-order valence-electron chi connectivity index (χ3n) is 6.08. The SMILES string of the molecule is CCC(C)NC(=O)c1ccc(NC(=O)CNc2ccc(C(=O)N3CCC(C)CC3)cc2)cc1. The number of anilines is 2. The van der Waals surface area contributed by atoms with Gasteiger partial charge in [0.25, 0.3) is 11.8 Å². The van der Waals surface area contributed by atoms with E-state index in [1.54, 1.807) is 36.4 Å². The Labute approximate surface area is 195 Å². The van der Waals surface area contributed by atoms with Gasteiger partial charge in [-0.2, -0.15) is 0 Å². The smallest absolute Gasteiger partial charge is 0.253 e. The highest BCUT2D eigenvalue weighted by atomic mass is 16.2. The molecule has 3 amide bonds. The second-order valence-corrected chi connectivity index (χ2v) is 8.81. The Bertz CT molecular complexity index is 949. The average Bonchev–Trinajstić information content (AvgIpc) is 2.83. The lowest BCUT2D eigenvalue weighted by Gasteiger charge is -2.30. The molecule has 7 heteroatoms. The summed E-state index contributed by atoms with van der Waals surface area (Å²) in [6.07, 6.45) is 2.96. The second-order valence-electron chi connectivity index (χ2n) is 8.81. The summed E-state index contributed by atoms with van der Waals surface area (Å²) in [7, 11) is 0. The fourth-order valence-corrected chi connectivity index (χ4v) is 3.63. The topological polar surface area (TPSA) is 90.5 Å². The quantitative estimate of drug-likeness (QED) is 0.564. The van der Waals surface area contributed by atoms with Crippen LogP contribution in [-0.4, -0.2) is 48.3 Å². The van der Waals surface area contributed by atoms with Crippen molar-refractivity contribution in [1.82, 2.24) is 10.2 Å². The lowest BCUT2D eigenvalue weighted by atomic mass is 9.98. The Morgan fingerprint density at radius 1 is 0.939 bits per heavy atom. The second kappa shape index (κ2) is 11.5. The molecule has 1 heterocycles. The zero-order valence-corrected chi connectivity index (χ0v) is 19.7. The number of nitrogens with zero attached hydrogens (tertiary/aromatic N) is 1. The first kappa shape index (κ1) is 24.3. The first-order valence-electron chi connectivity index (χ1n) is 11.7. The first-order chi connectivity index (χ1) is 15.9. The maximum Gasteiger partial charge on any atom is 0.253 e. The molecule has 176 valence electrons. The van der Waals surface area contributed by atoms with Gasteiger partial charge in [-0.15, -0.1) is 0 Å². The number of benzene rings is 2. The van der Waals surface area contributed by atoms with Gasteiger partial charge in [0.1, 0.15) is 0 Å². The summed E-state index contributed by atoms with van der Waals surface area (Å²) in [4.78, 5) is 39.0. The molecule has 1 aliphatic heterocycles. The van der Waals surface area contributed by atoms with E-state index >= 15 is 0 Å². The van der Waals surface area contributed by atoms with E-state index < -0.39 is 0 Å². The minimum absolute atomic E-state index is 0.0625. The molecule has 2 aromatic rings. The van der Waals surface area contributed by atoms with E-state index in [1.807, 2.05) is 30.9 Å². The monoisotopic (exact) mass is 450 g/mol. The Morgan fingerprint density at radius 3 is 2.12 bits per heavy atom. The Hall–Kier alpha value is -3.35. The van der Waals surface area contributed by atoms with Gasteiger partial charge in [-0.1, -0.05) is 13.8 Å². The first-order valence-corrected chi connectivity index (χ1v) is 11.7. The van der Waals surface area contributed by atoms with Crippen molar-refractivity contribution >= 4 is 29.1 Å². The van der Waals surface area contributed by atoms with Gasteiger partial charge in [0.2, 0.25) is 5.91 Å². The van der Waals surface area contributed by atoms with Crippen LogP contribution in [0.3, 0.4) is 0 Å². The maximum atomic E-state index is 12.6. The van der Waals surface area contributed by atoms with Gasteiger partial charge in [0, 0.05) is 41.6 Å². The number of piperidine rings is 1. The molecule has 0 aliphatic carbocycles. The van der Waals surface area contributed by atoms with Crippen molar-refractivity contribution in [2.75, 3.05) is 30.3 Å². The molecular formula is C26H34N4O3. The summed E-state index contributed by atoms with van der Waals surface area (Å²) in [6.45, 7) is 7.91. The number of nitrogens with one attached hydrogen (secondary N) is 3. The summed E-state index contributed by atoms with van der Waals surface area (Å²) in [5.74, 6) is 0.418. The Morgan fingerprint density at radius 2 is 1.52 bits per heavy atom. The number of rotatable bonds is 8. The molecule has 0 bridgehead atoms. The highest BCUT2D eigenvalue weighted by Gasteiger charge is 2.21. The van der Waals surface area contributed by atoms with Crippen LogP contribution >= 0.6 is 0 Å². The molecule has 7 nitrogen and oxygen atoms in total. The van der Waals surface area contributed by atoms with E-state index in [1.165, 1.54) is 0 Å². The van der Waals surface area contributed by atoms with Crippen molar-refractivity contribution in [3.05, 3.63) is 59.7 Å². The van der Waals surface area contributed by atoms with E-state index in [4.69, 9.17) is 0 Å². The summed E-state index contributed by atoms with van der Waals surface area (Å²) in [5, 5.41) is 8.80. The van der Waals surface area contributed by atoms with E-state index in [2.05, 4.69) is 22.9 Å². The molecule has 0 saturated carbocycles. The maximum absolute atomic E-state index is 12.6. The lowest BCUT2D eigenvalue weighted by Crippen LogP contribution is -2.37. The molecule has 1 atom stereocenters. The molecule has 1 fully saturated rings. The van der Waals surface area contributed by atoms with Crippen LogP contribution < -0.4 is 16.0 Å². The van der Waals surface area contributed by atoms with E-state index in [-0.39, 0.29) is 30.3 Å². The van der Waals surface area contributed by atoms with Crippen molar-refractivity contribution in [1.29, 1.82) is 0 Å². The highest BCUT2D eigenvalue weighted by Crippen LogP contribution is 2.19. The van der Waals surface area contributed by atoms with E-state index in [0.29, 0.717) is 22.7 Å². The van der Waals surface area contributed by atoms with Gasteiger partial charge in [0.15, 0.2) is 0 Å². The van der Waals surface area contributed by atoms with Crippen LogP contribution in [-0.2, 0) is 4.79 Å². The predicted molar refractivity (Wildman–Crippen MR) is 132 cm³/mol. The van der Waals surface area contributed by atoms with E-state index in [9.17, 15) is 14.4 Å². The molecule has 3 N–H and O–H groups in total. The minimum Gasteiger partial charge on any atom is -0.376 e.